The van der Waals surface area contributed by atoms with Gasteiger partial charge in [-0.25, -0.2) is 0 Å². The van der Waals surface area contributed by atoms with Gasteiger partial charge in [-0.15, -0.1) is 0 Å². The number of amides is 2. The lowest BCUT2D eigenvalue weighted by molar-refractivity contribution is -0.154. The normalized spacial score (nSPS) is 12.6. The molecule has 0 saturated heterocycles. The summed E-state index contributed by atoms with van der Waals surface area (Å²) in [6.07, 6.45) is -0.341. The highest BCUT2D eigenvalue weighted by molar-refractivity contribution is 5.96. The highest BCUT2D eigenvalue weighted by Crippen LogP contribution is 2.22. The van der Waals surface area contributed by atoms with Gasteiger partial charge in [0.1, 0.15) is 0 Å². The Hall–Kier alpha value is -3.15. The lowest BCUT2D eigenvalue weighted by atomic mass is 9.97. The molecule has 0 bridgehead atoms. The molecule has 0 heterocycles. The molecular formula is C21H24N2O4. The van der Waals surface area contributed by atoms with Crippen LogP contribution >= 0.6 is 0 Å². The number of rotatable bonds is 7. The summed E-state index contributed by atoms with van der Waals surface area (Å²) < 4.78 is 5.36. The number of benzene rings is 2. The largest absolute Gasteiger partial charge is 0.452 e. The van der Waals surface area contributed by atoms with Crippen LogP contribution < -0.4 is 10.6 Å². The number of anilines is 2. The summed E-state index contributed by atoms with van der Waals surface area (Å²) in [4.78, 5) is 35.8. The van der Waals surface area contributed by atoms with E-state index in [0.29, 0.717) is 17.8 Å². The number of carbonyl (C=O) groups is 3. The van der Waals surface area contributed by atoms with Crippen molar-refractivity contribution >= 4 is 29.2 Å². The van der Waals surface area contributed by atoms with Crippen LogP contribution in [-0.2, 0) is 19.1 Å². The summed E-state index contributed by atoms with van der Waals surface area (Å²) in [7, 11) is 0. The minimum absolute atomic E-state index is 0.170. The zero-order valence-electron chi connectivity index (χ0n) is 15.7. The van der Waals surface area contributed by atoms with Gasteiger partial charge < -0.3 is 15.4 Å². The predicted octanol–water partition coefficient (Wildman–Crippen LogP) is 3.71. The van der Waals surface area contributed by atoms with E-state index >= 15 is 0 Å². The second-order valence-corrected chi connectivity index (χ2v) is 6.20. The molecule has 2 aromatic carbocycles. The van der Waals surface area contributed by atoms with Crippen molar-refractivity contribution in [1.29, 1.82) is 0 Å². The molecule has 0 aliphatic rings. The number of hydrogen-bond donors (Lipinski definition) is 2. The lowest BCUT2D eigenvalue weighted by Crippen LogP contribution is -2.31. The maximum Gasteiger partial charge on any atom is 0.314 e. The van der Waals surface area contributed by atoms with Crippen molar-refractivity contribution in [2.24, 2.45) is 0 Å². The quantitative estimate of drug-likeness (QED) is 0.730. The monoisotopic (exact) mass is 368 g/mol. The Labute approximate surface area is 158 Å². The summed E-state index contributed by atoms with van der Waals surface area (Å²) in [5.74, 6) is -1.42. The topological polar surface area (TPSA) is 84.5 Å². The predicted molar refractivity (Wildman–Crippen MR) is 104 cm³/mol. The van der Waals surface area contributed by atoms with E-state index in [0.717, 1.165) is 5.56 Å². The van der Waals surface area contributed by atoms with Gasteiger partial charge in [-0.05, 0) is 43.2 Å². The van der Waals surface area contributed by atoms with Gasteiger partial charge in [0.2, 0.25) is 5.91 Å². The molecule has 0 aliphatic carbocycles. The van der Waals surface area contributed by atoms with Crippen molar-refractivity contribution in [1.82, 2.24) is 0 Å². The Bertz CT molecular complexity index is 788. The summed E-state index contributed by atoms with van der Waals surface area (Å²) in [6, 6.07) is 16.0. The van der Waals surface area contributed by atoms with Gasteiger partial charge in [0.15, 0.2) is 6.10 Å². The Morgan fingerprint density at radius 2 is 1.48 bits per heavy atom. The van der Waals surface area contributed by atoms with E-state index in [1.807, 2.05) is 37.3 Å². The van der Waals surface area contributed by atoms with E-state index in [2.05, 4.69) is 10.6 Å². The standard InChI is InChI=1S/C21H24N2O4/c1-4-19(16-8-6-5-7-9-16)21(26)27-14(2)20(25)23-18-12-10-17(11-13-18)22-15(3)24/h5-14,19H,4H2,1-3H3,(H,22,24)(H,23,25)/t14-,19+/m1/s1. The molecular weight excluding hydrogens is 344 g/mol. The number of ether oxygens (including phenoxy) is 1. The molecule has 2 amide bonds. The van der Waals surface area contributed by atoms with E-state index in [1.165, 1.54) is 13.8 Å². The van der Waals surface area contributed by atoms with Crippen LogP contribution in [-0.4, -0.2) is 23.9 Å². The van der Waals surface area contributed by atoms with E-state index in [9.17, 15) is 14.4 Å². The third kappa shape index (κ3) is 5.95. The molecule has 27 heavy (non-hydrogen) atoms. The first kappa shape index (κ1) is 20.2. The van der Waals surface area contributed by atoms with Gasteiger partial charge in [0.05, 0.1) is 5.92 Å². The molecule has 0 radical (unpaired) electrons. The molecule has 0 aromatic heterocycles. The first-order valence-electron chi connectivity index (χ1n) is 8.84. The number of nitrogens with one attached hydrogen (secondary N) is 2. The van der Waals surface area contributed by atoms with Crippen LogP contribution in [0, 0.1) is 0 Å². The van der Waals surface area contributed by atoms with Gasteiger partial charge in [0, 0.05) is 18.3 Å². The van der Waals surface area contributed by atoms with Crippen molar-refractivity contribution < 1.29 is 19.1 Å². The van der Waals surface area contributed by atoms with Crippen molar-refractivity contribution in [3.05, 3.63) is 60.2 Å². The van der Waals surface area contributed by atoms with Crippen molar-refractivity contribution in [3.8, 4) is 0 Å². The Kier molecular flexibility index (Phi) is 7.11. The third-order valence-electron chi connectivity index (χ3n) is 4.03. The first-order chi connectivity index (χ1) is 12.9. The maximum absolute atomic E-state index is 12.4. The fourth-order valence-corrected chi connectivity index (χ4v) is 2.62. The highest BCUT2D eigenvalue weighted by Gasteiger charge is 2.25. The third-order valence-corrected chi connectivity index (χ3v) is 4.03. The van der Waals surface area contributed by atoms with Gasteiger partial charge in [-0.1, -0.05) is 37.3 Å². The fraction of sp³-hybridized carbons (Fsp3) is 0.286. The Balaban J connectivity index is 1.94. The zero-order chi connectivity index (χ0) is 19.8. The molecule has 6 nitrogen and oxygen atoms in total. The molecule has 2 rings (SSSR count). The minimum atomic E-state index is -0.926. The number of hydrogen-bond acceptors (Lipinski definition) is 4. The van der Waals surface area contributed by atoms with E-state index in [-0.39, 0.29) is 5.91 Å². The number of carbonyl (C=O) groups excluding carboxylic acids is 3. The summed E-state index contributed by atoms with van der Waals surface area (Å²) >= 11 is 0. The lowest BCUT2D eigenvalue weighted by Gasteiger charge is -2.18. The van der Waals surface area contributed by atoms with E-state index < -0.39 is 23.9 Å². The second-order valence-electron chi connectivity index (χ2n) is 6.20. The van der Waals surface area contributed by atoms with Crippen LogP contribution in [0.5, 0.6) is 0 Å². The molecule has 142 valence electrons. The van der Waals surface area contributed by atoms with Crippen LogP contribution in [0.4, 0.5) is 11.4 Å². The Morgan fingerprint density at radius 3 is 2.00 bits per heavy atom. The van der Waals surface area contributed by atoms with Crippen LogP contribution in [0.15, 0.2) is 54.6 Å². The molecule has 0 aliphatic heterocycles. The van der Waals surface area contributed by atoms with Gasteiger partial charge in [-0.2, -0.15) is 0 Å². The van der Waals surface area contributed by atoms with Crippen LogP contribution in [0.25, 0.3) is 0 Å². The molecule has 0 unspecified atom stereocenters. The number of esters is 1. The van der Waals surface area contributed by atoms with Crippen molar-refractivity contribution in [2.75, 3.05) is 10.6 Å². The molecule has 2 N–H and O–H groups in total. The van der Waals surface area contributed by atoms with E-state index in [1.54, 1.807) is 24.3 Å². The van der Waals surface area contributed by atoms with Gasteiger partial charge in [-0.3, -0.25) is 14.4 Å². The first-order valence-corrected chi connectivity index (χ1v) is 8.84. The second kappa shape index (κ2) is 9.52. The summed E-state index contributed by atoms with van der Waals surface area (Å²) in [6.45, 7) is 4.86. The SMILES string of the molecule is CC[C@H](C(=O)O[C@H](C)C(=O)Nc1ccc(NC(C)=O)cc1)c1ccccc1. The fourth-order valence-electron chi connectivity index (χ4n) is 2.62. The summed E-state index contributed by atoms with van der Waals surface area (Å²) in [5, 5.41) is 5.34. The molecule has 2 aromatic rings. The smallest absolute Gasteiger partial charge is 0.314 e. The van der Waals surface area contributed by atoms with Crippen molar-refractivity contribution in [3.63, 3.8) is 0 Å². The van der Waals surface area contributed by atoms with Gasteiger partial charge >= 0.3 is 5.97 Å². The van der Waals surface area contributed by atoms with Crippen molar-refractivity contribution in [2.45, 2.75) is 39.2 Å². The maximum atomic E-state index is 12.4. The minimum Gasteiger partial charge on any atom is -0.452 e. The summed E-state index contributed by atoms with van der Waals surface area (Å²) in [5.41, 5.74) is 2.05. The van der Waals surface area contributed by atoms with Crippen LogP contribution in [0.2, 0.25) is 0 Å². The molecule has 0 fully saturated rings. The van der Waals surface area contributed by atoms with Crippen LogP contribution in [0.1, 0.15) is 38.7 Å². The average Bonchev–Trinajstić information content (AvgIpc) is 2.64. The highest BCUT2D eigenvalue weighted by atomic mass is 16.5. The molecule has 0 saturated carbocycles. The van der Waals surface area contributed by atoms with Crippen LogP contribution in [0.3, 0.4) is 0 Å². The van der Waals surface area contributed by atoms with E-state index in [4.69, 9.17) is 4.74 Å². The molecule has 2 atom stereocenters. The average molecular weight is 368 g/mol. The zero-order valence-corrected chi connectivity index (χ0v) is 15.7. The molecule has 6 heteroatoms. The van der Waals surface area contributed by atoms with Gasteiger partial charge in [0.25, 0.3) is 5.91 Å². The molecule has 0 spiro atoms. The Morgan fingerprint density at radius 1 is 0.926 bits per heavy atom.